The van der Waals surface area contributed by atoms with Crippen molar-refractivity contribution in [2.75, 3.05) is 27.4 Å². The number of ether oxygens (including phenoxy) is 3. The number of unbranched alkanes of at least 4 members (excludes halogenated alkanes) is 2. The van der Waals surface area contributed by atoms with Gasteiger partial charge in [0, 0.05) is 12.1 Å². The lowest BCUT2D eigenvalue weighted by Gasteiger charge is -2.27. The first-order valence-corrected chi connectivity index (χ1v) is 11.0. The summed E-state index contributed by atoms with van der Waals surface area (Å²) in [6, 6.07) is 4.93. The van der Waals surface area contributed by atoms with E-state index in [0.29, 0.717) is 29.9 Å². The monoisotopic (exact) mass is 424 g/mol. The Balaban J connectivity index is 2.47. The van der Waals surface area contributed by atoms with Crippen molar-refractivity contribution >= 4 is 21.9 Å². The van der Waals surface area contributed by atoms with Crippen molar-refractivity contribution in [2.24, 2.45) is 4.40 Å². The maximum atomic E-state index is 12.8. The molecule has 2 rings (SSSR count). The van der Waals surface area contributed by atoms with Gasteiger partial charge >= 0.3 is 16.2 Å². The Kier molecular flexibility index (Phi) is 8.07. The molecule has 0 amide bonds. The number of rotatable bonds is 10. The second-order valence-electron chi connectivity index (χ2n) is 6.47. The van der Waals surface area contributed by atoms with Crippen LogP contribution < -0.4 is 9.47 Å². The van der Waals surface area contributed by atoms with Crippen LogP contribution in [0.1, 0.15) is 45.1 Å². The van der Waals surface area contributed by atoms with Crippen LogP contribution in [0.25, 0.3) is 0 Å². The van der Waals surface area contributed by atoms with E-state index in [0.717, 1.165) is 17.1 Å². The fourth-order valence-electron chi connectivity index (χ4n) is 2.74. The van der Waals surface area contributed by atoms with E-state index >= 15 is 0 Å². The van der Waals surface area contributed by atoms with Gasteiger partial charge in [-0.3, -0.25) is 0 Å². The first-order valence-electron chi connectivity index (χ1n) is 9.61. The molecule has 0 atom stereocenters. The molecule has 9 heteroatoms. The molecule has 0 unspecified atom stereocenters. The van der Waals surface area contributed by atoms with Crippen LogP contribution in [0.2, 0.25) is 0 Å². The Labute approximate surface area is 172 Å². The zero-order chi connectivity index (χ0) is 21.4. The van der Waals surface area contributed by atoms with E-state index in [2.05, 4.69) is 4.40 Å². The summed E-state index contributed by atoms with van der Waals surface area (Å²) in [5.74, 6) is 0.258. The molecule has 160 valence electrons. The molecule has 8 nitrogen and oxygen atoms in total. The van der Waals surface area contributed by atoms with Crippen molar-refractivity contribution in [3.05, 3.63) is 35.5 Å². The number of nitrogens with zero attached hydrogens (tertiary/aromatic N) is 2. The third-order valence-corrected chi connectivity index (χ3v) is 5.73. The molecule has 29 heavy (non-hydrogen) atoms. The van der Waals surface area contributed by atoms with E-state index in [-0.39, 0.29) is 24.6 Å². The maximum Gasteiger partial charge on any atom is 0.355 e. The van der Waals surface area contributed by atoms with Gasteiger partial charge < -0.3 is 14.2 Å². The maximum absolute atomic E-state index is 12.8. The highest BCUT2D eigenvalue weighted by molar-refractivity contribution is 7.88. The normalized spacial score (nSPS) is 15.4. The standard InChI is InChI=1S/C20H28N2O6S/c1-5-7-11-22-17(20(23)28-12-8-6-2)14-16(21-29(22,24)25)15-9-10-18(26-3)19(13-15)27-4/h9-10,13-14H,5-8,11-12H2,1-4H3. The molecule has 0 bridgehead atoms. The van der Waals surface area contributed by atoms with Crippen molar-refractivity contribution in [1.29, 1.82) is 0 Å². The summed E-state index contributed by atoms with van der Waals surface area (Å²) in [6.45, 7) is 4.32. The fourth-order valence-corrected chi connectivity index (χ4v) is 3.98. The minimum Gasteiger partial charge on any atom is -0.493 e. The SMILES string of the molecule is CCCCOC(=O)C1=CC(c2ccc(OC)c(OC)c2)=NS(=O)(=O)N1CCCC. The Bertz CT molecular complexity index is 892. The number of benzene rings is 1. The first kappa shape index (κ1) is 22.7. The van der Waals surface area contributed by atoms with Gasteiger partial charge in [-0.25, -0.2) is 9.10 Å². The van der Waals surface area contributed by atoms with Crippen LogP contribution in [0.3, 0.4) is 0 Å². The fraction of sp³-hybridized carbons (Fsp3) is 0.500. The van der Waals surface area contributed by atoms with Crippen LogP contribution in [0.5, 0.6) is 11.5 Å². The van der Waals surface area contributed by atoms with E-state index in [4.69, 9.17) is 14.2 Å². The van der Waals surface area contributed by atoms with Gasteiger partial charge in [0.05, 0.1) is 26.5 Å². The van der Waals surface area contributed by atoms with Crippen molar-refractivity contribution in [2.45, 2.75) is 39.5 Å². The molecule has 1 heterocycles. The summed E-state index contributed by atoms with van der Waals surface area (Å²) >= 11 is 0. The highest BCUT2D eigenvalue weighted by Crippen LogP contribution is 2.30. The molecule has 0 saturated heterocycles. The lowest BCUT2D eigenvalue weighted by molar-refractivity contribution is -0.140. The third-order valence-electron chi connectivity index (χ3n) is 4.37. The van der Waals surface area contributed by atoms with Gasteiger partial charge in [0.2, 0.25) is 0 Å². The van der Waals surface area contributed by atoms with E-state index in [1.54, 1.807) is 18.2 Å². The Morgan fingerprint density at radius 1 is 1.07 bits per heavy atom. The van der Waals surface area contributed by atoms with Gasteiger partial charge in [0.1, 0.15) is 5.70 Å². The average Bonchev–Trinajstić information content (AvgIpc) is 2.71. The second kappa shape index (κ2) is 10.3. The molecule has 1 aliphatic rings. The smallest absolute Gasteiger partial charge is 0.355 e. The minimum atomic E-state index is -4.07. The molecule has 1 aromatic rings. The van der Waals surface area contributed by atoms with Crippen LogP contribution in [0, 0.1) is 0 Å². The molecule has 0 spiro atoms. The number of allylic oxidation sites excluding steroid dienone is 1. The van der Waals surface area contributed by atoms with Crippen LogP contribution in [-0.4, -0.2) is 51.8 Å². The predicted molar refractivity (Wildman–Crippen MR) is 111 cm³/mol. The number of carbonyl (C=O) groups is 1. The molecule has 0 aromatic heterocycles. The topological polar surface area (TPSA) is 94.5 Å². The van der Waals surface area contributed by atoms with Crippen molar-refractivity contribution < 1.29 is 27.4 Å². The van der Waals surface area contributed by atoms with E-state index in [1.165, 1.54) is 20.3 Å². The number of esters is 1. The lowest BCUT2D eigenvalue weighted by Crippen LogP contribution is -2.37. The van der Waals surface area contributed by atoms with Crippen LogP contribution in [0.4, 0.5) is 0 Å². The van der Waals surface area contributed by atoms with Gasteiger partial charge in [-0.15, -0.1) is 4.40 Å². The van der Waals surface area contributed by atoms with Crippen molar-refractivity contribution in [1.82, 2.24) is 4.31 Å². The second-order valence-corrected chi connectivity index (χ2v) is 7.99. The van der Waals surface area contributed by atoms with Crippen LogP contribution in [0.15, 0.2) is 34.4 Å². The summed E-state index contributed by atoms with van der Waals surface area (Å²) in [5, 5.41) is 0. The summed E-state index contributed by atoms with van der Waals surface area (Å²) in [4.78, 5) is 12.6. The molecule has 1 aromatic carbocycles. The van der Waals surface area contributed by atoms with E-state index in [1.807, 2.05) is 13.8 Å². The summed E-state index contributed by atoms with van der Waals surface area (Å²) in [7, 11) is -1.08. The number of methoxy groups -OCH3 is 2. The van der Waals surface area contributed by atoms with Crippen LogP contribution >= 0.6 is 0 Å². The van der Waals surface area contributed by atoms with Gasteiger partial charge in [0.15, 0.2) is 11.5 Å². The number of carbonyl (C=O) groups excluding carboxylic acids is 1. The summed E-state index contributed by atoms with van der Waals surface area (Å²) in [5.41, 5.74) is 0.593. The van der Waals surface area contributed by atoms with Gasteiger partial charge in [0.25, 0.3) is 0 Å². The quantitative estimate of drug-likeness (QED) is 0.423. The lowest BCUT2D eigenvalue weighted by atomic mass is 10.1. The van der Waals surface area contributed by atoms with E-state index < -0.39 is 16.2 Å². The Hall–Kier alpha value is -2.55. The number of hydrogen-bond acceptors (Lipinski definition) is 6. The highest BCUT2D eigenvalue weighted by Gasteiger charge is 2.33. The van der Waals surface area contributed by atoms with Gasteiger partial charge in [-0.05, 0) is 37.1 Å². The van der Waals surface area contributed by atoms with Gasteiger partial charge in [-0.1, -0.05) is 26.7 Å². The first-order chi connectivity index (χ1) is 13.9. The summed E-state index contributed by atoms with van der Waals surface area (Å²) in [6.07, 6.45) is 4.39. The molecule has 0 N–H and O–H groups in total. The highest BCUT2D eigenvalue weighted by atomic mass is 32.2. The minimum absolute atomic E-state index is 0.0330. The molecule has 0 aliphatic carbocycles. The third kappa shape index (κ3) is 5.50. The van der Waals surface area contributed by atoms with E-state index in [9.17, 15) is 13.2 Å². The Morgan fingerprint density at radius 3 is 2.38 bits per heavy atom. The zero-order valence-electron chi connectivity index (χ0n) is 17.3. The van der Waals surface area contributed by atoms with Crippen LogP contribution in [-0.2, 0) is 19.7 Å². The van der Waals surface area contributed by atoms with Gasteiger partial charge in [-0.2, -0.15) is 8.42 Å². The predicted octanol–water partition coefficient (Wildman–Crippen LogP) is 3.08. The van der Waals surface area contributed by atoms with Crippen molar-refractivity contribution in [3.63, 3.8) is 0 Å². The zero-order valence-corrected chi connectivity index (χ0v) is 18.1. The molecular weight excluding hydrogens is 396 g/mol. The largest absolute Gasteiger partial charge is 0.493 e. The molecule has 0 fully saturated rings. The molecule has 0 radical (unpaired) electrons. The van der Waals surface area contributed by atoms with Crippen molar-refractivity contribution in [3.8, 4) is 11.5 Å². The molecule has 1 aliphatic heterocycles. The summed E-state index contributed by atoms with van der Waals surface area (Å²) < 4.78 is 46.4. The molecule has 0 saturated carbocycles. The Morgan fingerprint density at radius 2 is 1.76 bits per heavy atom. The molecular formula is C20H28N2O6S. The average molecular weight is 425 g/mol. The number of hydrogen-bond donors (Lipinski definition) is 0.